The molecule has 1 aromatic carbocycles. The fourth-order valence-electron chi connectivity index (χ4n) is 1.07. The molecule has 0 fully saturated rings. The molecule has 0 aliphatic carbocycles. The van der Waals surface area contributed by atoms with Crippen LogP contribution in [0.25, 0.3) is 0 Å². The Balaban J connectivity index is 2.53. The van der Waals surface area contributed by atoms with Crippen LogP contribution in [0.5, 0.6) is 0 Å². The lowest BCUT2D eigenvalue weighted by atomic mass is 10.1. The summed E-state index contributed by atoms with van der Waals surface area (Å²) in [6.45, 7) is 3.16. The Morgan fingerprint density at radius 2 is 1.93 bits per heavy atom. The van der Waals surface area contributed by atoms with E-state index in [1.54, 1.807) is 0 Å². The molecule has 14 heavy (non-hydrogen) atoms. The molecule has 0 bridgehead atoms. The Hall–Kier alpha value is -1.64. The van der Waals surface area contributed by atoms with Crippen molar-refractivity contribution in [2.75, 3.05) is 0 Å². The van der Waals surface area contributed by atoms with Crippen LogP contribution >= 0.6 is 0 Å². The van der Waals surface area contributed by atoms with Gasteiger partial charge in [0.25, 0.3) is 0 Å². The van der Waals surface area contributed by atoms with Crippen LogP contribution in [-0.4, -0.2) is 11.7 Å². The van der Waals surface area contributed by atoms with Crippen molar-refractivity contribution in [1.29, 1.82) is 0 Å². The number of oxime groups is 1. The third-order valence-corrected chi connectivity index (χ3v) is 1.63. The van der Waals surface area contributed by atoms with E-state index < -0.39 is 5.97 Å². The number of carbonyl (C=O) groups excluding carboxylic acids is 1. The Bertz CT molecular complexity index is 330. The average Bonchev–Trinajstić information content (AvgIpc) is 2.16. The van der Waals surface area contributed by atoms with Crippen LogP contribution in [-0.2, 0) is 16.1 Å². The molecule has 1 rings (SSSR count). The highest BCUT2D eigenvalue weighted by atomic mass is 16.7. The average molecular weight is 191 g/mol. The number of hydrogen-bond acceptors (Lipinski definition) is 3. The van der Waals surface area contributed by atoms with Crippen molar-refractivity contribution in [3.8, 4) is 0 Å². The van der Waals surface area contributed by atoms with Gasteiger partial charge < -0.3 is 4.84 Å². The maximum absolute atomic E-state index is 10.5. The number of hydrogen-bond donors (Lipinski definition) is 0. The van der Waals surface area contributed by atoms with Gasteiger partial charge in [-0.1, -0.05) is 35.5 Å². The van der Waals surface area contributed by atoms with Crippen molar-refractivity contribution in [2.24, 2.45) is 5.16 Å². The van der Waals surface area contributed by atoms with E-state index in [-0.39, 0.29) is 0 Å². The van der Waals surface area contributed by atoms with Crippen molar-refractivity contribution in [1.82, 2.24) is 0 Å². The predicted molar refractivity (Wildman–Crippen MR) is 55.0 cm³/mol. The van der Waals surface area contributed by atoms with Crippen LogP contribution < -0.4 is 0 Å². The first-order chi connectivity index (χ1) is 6.68. The zero-order valence-corrected chi connectivity index (χ0v) is 8.36. The summed E-state index contributed by atoms with van der Waals surface area (Å²) in [6.07, 6.45) is 0.702. The smallest absolute Gasteiger partial charge is 0.319 e. The Kier molecular flexibility index (Phi) is 3.85. The summed E-state index contributed by atoms with van der Waals surface area (Å²) in [5.74, 6) is -0.391. The molecule has 0 N–H and O–H groups in total. The molecule has 3 heteroatoms. The summed E-state index contributed by atoms with van der Waals surface area (Å²) in [4.78, 5) is 15.0. The molecule has 0 saturated carbocycles. The normalized spacial score (nSPS) is 11.1. The van der Waals surface area contributed by atoms with Crippen LogP contribution in [0.3, 0.4) is 0 Å². The molecule has 0 amide bonds. The molecule has 0 heterocycles. The molecule has 1 aromatic rings. The highest BCUT2D eigenvalue weighted by molar-refractivity contribution is 5.84. The molecule has 0 aliphatic heterocycles. The summed E-state index contributed by atoms with van der Waals surface area (Å²) in [5.41, 5.74) is 1.94. The Labute approximate surface area is 83.4 Å². The lowest BCUT2D eigenvalue weighted by Crippen LogP contribution is -2.01. The van der Waals surface area contributed by atoms with Crippen molar-refractivity contribution in [3.63, 3.8) is 0 Å². The largest absolute Gasteiger partial charge is 0.331 e. The van der Waals surface area contributed by atoms with E-state index in [1.165, 1.54) is 6.92 Å². The number of benzene rings is 1. The monoisotopic (exact) mass is 191 g/mol. The fraction of sp³-hybridized carbons (Fsp3) is 0.273. The van der Waals surface area contributed by atoms with Gasteiger partial charge in [-0.2, -0.15) is 0 Å². The van der Waals surface area contributed by atoms with Crippen molar-refractivity contribution >= 4 is 11.7 Å². The quantitative estimate of drug-likeness (QED) is 0.417. The molecule has 0 aromatic heterocycles. The first-order valence-electron chi connectivity index (χ1n) is 4.43. The van der Waals surface area contributed by atoms with Gasteiger partial charge in [0.15, 0.2) is 0 Å². The van der Waals surface area contributed by atoms with E-state index in [1.807, 2.05) is 37.3 Å². The number of nitrogens with zero attached hydrogens (tertiary/aromatic N) is 1. The second-order valence-electron chi connectivity index (χ2n) is 3.07. The fourth-order valence-corrected chi connectivity index (χ4v) is 1.07. The lowest BCUT2D eigenvalue weighted by molar-refractivity contribution is -0.140. The third-order valence-electron chi connectivity index (χ3n) is 1.63. The standard InChI is InChI=1S/C11H13NO2/c1-9(12-14-10(2)13)8-11-6-4-3-5-7-11/h3-7H,8H2,1-2H3/b12-9-. The van der Waals surface area contributed by atoms with Crippen LogP contribution in [0.15, 0.2) is 35.5 Å². The maximum Gasteiger partial charge on any atom is 0.331 e. The molecule has 74 valence electrons. The van der Waals surface area contributed by atoms with Crippen LogP contribution in [0.4, 0.5) is 0 Å². The van der Waals surface area contributed by atoms with E-state index in [4.69, 9.17) is 0 Å². The molecule has 0 aliphatic rings. The Morgan fingerprint density at radius 1 is 1.29 bits per heavy atom. The van der Waals surface area contributed by atoms with Crippen molar-refractivity contribution in [3.05, 3.63) is 35.9 Å². The minimum Gasteiger partial charge on any atom is -0.319 e. The summed E-state index contributed by atoms with van der Waals surface area (Å²) in [6, 6.07) is 9.91. The van der Waals surface area contributed by atoms with E-state index in [2.05, 4.69) is 9.99 Å². The summed E-state index contributed by atoms with van der Waals surface area (Å²) >= 11 is 0. The highest BCUT2D eigenvalue weighted by Crippen LogP contribution is 2.01. The molecule has 0 saturated heterocycles. The van der Waals surface area contributed by atoms with Crippen LogP contribution in [0, 0.1) is 0 Å². The molecular formula is C11H13NO2. The van der Waals surface area contributed by atoms with Gasteiger partial charge in [-0.15, -0.1) is 0 Å². The molecule has 0 atom stereocenters. The highest BCUT2D eigenvalue weighted by Gasteiger charge is 1.96. The predicted octanol–water partition coefficient (Wildman–Crippen LogP) is 2.17. The van der Waals surface area contributed by atoms with Gasteiger partial charge in [0.1, 0.15) is 0 Å². The summed E-state index contributed by atoms with van der Waals surface area (Å²) < 4.78 is 0. The molecule has 0 radical (unpaired) electrons. The van der Waals surface area contributed by atoms with Gasteiger partial charge >= 0.3 is 5.97 Å². The first-order valence-corrected chi connectivity index (χ1v) is 4.43. The van der Waals surface area contributed by atoms with E-state index in [0.717, 1.165) is 11.3 Å². The van der Waals surface area contributed by atoms with E-state index in [9.17, 15) is 4.79 Å². The molecule has 3 nitrogen and oxygen atoms in total. The SMILES string of the molecule is CC(=O)O/N=C(/C)Cc1ccccc1. The van der Waals surface area contributed by atoms with E-state index in [0.29, 0.717) is 6.42 Å². The molecule has 0 unspecified atom stereocenters. The third kappa shape index (κ3) is 3.85. The van der Waals surface area contributed by atoms with Gasteiger partial charge in [0, 0.05) is 13.3 Å². The lowest BCUT2D eigenvalue weighted by Gasteiger charge is -1.99. The van der Waals surface area contributed by atoms with Gasteiger partial charge in [-0.05, 0) is 12.5 Å². The zero-order valence-electron chi connectivity index (χ0n) is 8.36. The van der Waals surface area contributed by atoms with Crippen molar-refractivity contribution in [2.45, 2.75) is 20.3 Å². The summed E-state index contributed by atoms with van der Waals surface area (Å²) in [5, 5.41) is 3.69. The van der Waals surface area contributed by atoms with Gasteiger partial charge in [0.05, 0.1) is 5.71 Å². The number of carbonyl (C=O) groups is 1. The topological polar surface area (TPSA) is 38.7 Å². The first kappa shape index (κ1) is 10.4. The number of rotatable bonds is 3. The van der Waals surface area contributed by atoms with Gasteiger partial charge in [-0.25, -0.2) is 4.79 Å². The molecule has 0 spiro atoms. The van der Waals surface area contributed by atoms with Crippen molar-refractivity contribution < 1.29 is 9.63 Å². The zero-order chi connectivity index (χ0) is 10.4. The maximum atomic E-state index is 10.5. The second-order valence-corrected chi connectivity index (χ2v) is 3.07. The van der Waals surface area contributed by atoms with Crippen LogP contribution in [0.1, 0.15) is 19.4 Å². The summed E-state index contributed by atoms with van der Waals surface area (Å²) in [7, 11) is 0. The Morgan fingerprint density at radius 3 is 2.50 bits per heavy atom. The van der Waals surface area contributed by atoms with E-state index >= 15 is 0 Å². The van der Waals surface area contributed by atoms with Gasteiger partial charge in [-0.3, -0.25) is 0 Å². The second kappa shape index (κ2) is 5.17. The minimum absolute atomic E-state index is 0.391. The van der Waals surface area contributed by atoms with Gasteiger partial charge in [0.2, 0.25) is 0 Å². The minimum atomic E-state index is -0.391. The van der Waals surface area contributed by atoms with Crippen LogP contribution in [0.2, 0.25) is 0 Å². The molecular weight excluding hydrogens is 178 g/mol.